The summed E-state index contributed by atoms with van der Waals surface area (Å²) in [5.41, 5.74) is 1.71. The second-order valence-corrected chi connectivity index (χ2v) is 4.98. The van der Waals surface area contributed by atoms with Crippen molar-refractivity contribution in [3.8, 4) is 0 Å². The van der Waals surface area contributed by atoms with Gasteiger partial charge in [0.05, 0.1) is 12.3 Å². The molecule has 15 heavy (non-hydrogen) atoms. The van der Waals surface area contributed by atoms with Gasteiger partial charge in [0.25, 0.3) is 0 Å². The minimum Gasteiger partial charge on any atom is -0.392 e. The molecule has 0 amide bonds. The van der Waals surface area contributed by atoms with E-state index in [1.807, 2.05) is 14.0 Å². The van der Waals surface area contributed by atoms with Crippen LogP contribution >= 0.6 is 23.3 Å². The van der Waals surface area contributed by atoms with Crippen LogP contribution in [0.4, 0.5) is 0 Å². The van der Waals surface area contributed by atoms with E-state index >= 15 is 0 Å². The molecule has 80 valence electrons. The van der Waals surface area contributed by atoms with Crippen LogP contribution in [0.1, 0.15) is 11.3 Å². The van der Waals surface area contributed by atoms with Crippen molar-refractivity contribution in [3.63, 3.8) is 0 Å². The molecule has 0 radical (unpaired) electrons. The van der Waals surface area contributed by atoms with Gasteiger partial charge in [-0.3, -0.25) is 4.68 Å². The highest BCUT2D eigenvalue weighted by Gasteiger charge is 2.14. The highest BCUT2D eigenvalue weighted by atomic mass is 32.2. The van der Waals surface area contributed by atoms with Crippen LogP contribution in [0.15, 0.2) is 15.7 Å². The van der Waals surface area contributed by atoms with E-state index in [1.54, 1.807) is 4.68 Å². The molecule has 0 aliphatic heterocycles. The van der Waals surface area contributed by atoms with Crippen molar-refractivity contribution >= 4 is 23.3 Å². The first-order chi connectivity index (χ1) is 7.22. The Balaban J connectivity index is 2.35. The fraction of sp³-hybridized carbons (Fsp3) is 0.375. The van der Waals surface area contributed by atoms with Gasteiger partial charge in [-0.25, -0.2) is 4.98 Å². The fourth-order valence-electron chi connectivity index (χ4n) is 1.28. The molecule has 0 aliphatic carbocycles. The number of aliphatic hydroxyl groups excluding tert-OH is 1. The van der Waals surface area contributed by atoms with Crippen LogP contribution in [0.3, 0.4) is 0 Å². The van der Waals surface area contributed by atoms with E-state index in [1.165, 1.54) is 29.6 Å². The molecule has 2 aromatic heterocycles. The molecule has 0 spiro atoms. The topological polar surface area (TPSA) is 63.8 Å². The van der Waals surface area contributed by atoms with Gasteiger partial charge in [0.2, 0.25) is 0 Å². The van der Waals surface area contributed by atoms with Crippen molar-refractivity contribution in [2.45, 2.75) is 22.9 Å². The Bertz CT molecular complexity index is 451. The number of nitrogens with zero attached hydrogens (tertiary/aromatic N) is 4. The smallest absolute Gasteiger partial charge is 0.175 e. The summed E-state index contributed by atoms with van der Waals surface area (Å²) in [6.07, 6.45) is 1.52. The zero-order valence-corrected chi connectivity index (χ0v) is 9.97. The minimum absolute atomic E-state index is 0.000804. The number of hydrogen-bond acceptors (Lipinski definition) is 6. The Kier molecular flexibility index (Phi) is 3.03. The lowest BCUT2D eigenvalue weighted by atomic mass is 10.3. The van der Waals surface area contributed by atoms with E-state index in [2.05, 4.69) is 14.5 Å². The Morgan fingerprint density at radius 1 is 1.60 bits per heavy atom. The lowest BCUT2D eigenvalue weighted by Gasteiger charge is -2.00. The molecule has 0 bridgehead atoms. The van der Waals surface area contributed by atoms with Gasteiger partial charge < -0.3 is 5.11 Å². The van der Waals surface area contributed by atoms with Crippen LogP contribution < -0.4 is 0 Å². The summed E-state index contributed by atoms with van der Waals surface area (Å²) in [4.78, 5) is 4.08. The zero-order chi connectivity index (χ0) is 10.8. The van der Waals surface area contributed by atoms with Crippen molar-refractivity contribution < 1.29 is 5.11 Å². The van der Waals surface area contributed by atoms with Crippen LogP contribution in [0.25, 0.3) is 0 Å². The minimum atomic E-state index is 0.000804. The average Bonchev–Trinajstić information content (AvgIpc) is 2.77. The fourth-order valence-corrected chi connectivity index (χ4v) is 2.85. The second kappa shape index (κ2) is 4.30. The summed E-state index contributed by atoms with van der Waals surface area (Å²) in [6, 6.07) is 0. The van der Waals surface area contributed by atoms with Gasteiger partial charge in [-0.2, -0.15) is 9.47 Å². The molecule has 2 heterocycles. The standard InChI is InChI=1S/C8H10N4OS2/c1-5-6(3-13)7(12(2)11-5)14-8-9-4-10-15-8/h4,13H,3H2,1-2H3. The quantitative estimate of drug-likeness (QED) is 0.877. The van der Waals surface area contributed by atoms with E-state index in [0.29, 0.717) is 0 Å². The second-order valence-electron chi connectivity index (χ2n) is 2.96. The summed E-state index contributed by atoms with van der Waals surface area (Å²) in [7, 11) is 1.86. The number of aromatic nitrogens is 4. The average molecular weight is 242 g/mol. The maximum atomic E-state index is 9.24. The molecule has 0 atom stereocenters. The highest BCUT2D eigenvalue weighted by molar-refractivity contribution is 8.00. The maximum absolute atomic E-state index is 9.24. The summed E-state index contributed by atoms with van der Waals surface area (Å²) in [5, 5.41) is 14.4. The molecule has 0 saturated carbocycles. The van der Waals surface area contributed by atoms with Crippen molar-refractivity contribution in [3.05, 3.63) is 17.6 Å². The van der Waals surface area contributed by atoms with Crippen molar-refractivity contribution in [2.75, 3.05) is 0 Å². The van der Waals surface area contributed by atoms with Crippen molar-refractivity contribution in [1.29, 1.82) is 0 Å². The lowest BCUT2D eigenvalue weighted by Crippen LogP contribution is -1.93. The molecule has 7 heteroatoms. The summed E-state index contributed by atoms with van der Waals surface area (Å²) >= 11 is 2.81. The molecular weight excluding hydrogens is 232 g/mol. The molecule has 0 saturated heterocycles. The molecular formula is C8H10N4OS2. The van der Waals surface area contributed by atoms with E-state index in [9.17, 15) is 5.11 Å². The van der Waals surface area contributed by atoms with Crippen molar-refractivity contribution in [2.24, 2.45) is 7.05 Å². The SMILES string of the molecule is Cc1nn(C)c(Sc2ncns2)c1CO. The van der Waals surface area contributed by atoms with Crippen LogP contribution in [0, 0.1) is 6.92 Å². The number of rotatable bonds is 3. The maximum Gasteiger partial charge on any atom is 0.175 e. The van der Waals surface area contributed by atoms with Crippen LogP contribution in [-0.4, -0.2) is 24.2 Å². The molecule has 0 aromatic carbocycles. The van der Waals surface area contributed by atoms with Gasteiger partial charge in [-0.15, -0.1) is 0 Å². The lowest BCUT2D eigenvalue weighted by molar-refractivity contribution is 0.277. The van der Waals surface area contributed by atoms with E-state index < -0.39 is 0 Å². The number of aliphatic hydroxyl groups is 1. The monoisotopic (exact) mass is 242 g/mol. The first-order valence-electron chi connectivity index (χ1n) is 4.30. The third-order valence-corrected chi connectivity index (χ3v) is 3.89. The highest BCUT2D eigenvalue weighted by Crippen LogP contribution is 2.31. The first kappa shape index (κ1) is 10.6. The van der Waals surface area contributed by atoms with E-state index in [0.717, 1.165) is 20.6 Å². The van der Waals surface area contributed by atoms with Gasteiger partial charge in [-0.05, 0) is 30.2 Å². The molecule has 2 aromatic rings. The molecule has 0 fully saturated rings. The largest absolute Gasteiger partial charge is 0.392 e. The molecule has 5 nitrogen and oxygen atoms in total. The number of aryl methyl sites for hydroxylation is 2. The summed E-state index contributed by atoms with van der Waals surface area (Å²) < 4.78 is 6.54. The molecule has 0 unspecified atom stereocenters. The Hall–Kier alpha value is -0.920. The molecule has 1 N–H and O–H groups in total. The van der Waals surface area contributed by atoms with Gasteiger partial charge in [0.15, 0.2) is 4.34 Å². The summed E-state index contributed by atoms with van der Waals surface area (Å²) in [6.45, 7) is 1.89. The Morgan fingerprint density at radius 2 is 2.40 bits per heavy atom. The van der Waals surface area contributed by atoms with Crippen LogP contribution in [0.2, 0.25) is 0 Å². The normalized spacial score (nSPS) is 10.9. The van der Waals surface area contributed by atoms with Crippen LogP contribution in [0.5, 0.6) is 0 Å². The van der Waals surface area contributed by atoms with E-state index in [-0.39, 0.29) is 6.61 Å². The predicted molar refractivity (Wildman–Crippen MR) is 57.9 cm³/mol. The third-order valence-electron chi connectivity index (χ3n) is 1.97. The van der Waals surface area contributed by atoms with E-state index in [4.69, 9.17) is 0 Å². The van der Waals surface area contributed by atoms with Gasteiger partial charge >= 0.3 is 0 Å². The Morgan fingerprint density at radius 3 is 3.00 bits per heavy atom. The van der Waals surface area contributed by atoms with Crippen LogP contribution in [-0.2, 0) is 13.7 Å². The molecule has 0 aliphatic rings. The Labute approximate surface area is 95.3 Å². The first-order valence-corrected chi connectivity index (χ1v) is 5.89. The zero-order valence-electron chi connectivity index (χ0n) is 8.34. The molecule has 2 rings (SSSR count). The third kappa shape index (κ3) is 2.04. The summed E-state index contributed by atoms with van der Waals surface area (Å²) in [5.74, 6) is 0. The van der Waals surface area contributed by atoms with Crippen molar-refractivity contribution in [1.82, 2.24) is 19.1 Å². The van der Waals surface area contributed by atoms with Gasteiger partial charge in [0.1, 0.15) is 11.4 Å². The number of hydrogen-bond donors (Lipinski definition) is 1. The van der Waals surface area contributed by atoms with Gasteiger partial charge in [-0.1, -0.05) is 0 Å². The van der Waals surface area contributed by atoms with Gasteiger partial charge in [0, 0.05) is 12.6 Å². The predicted octanol–water partition coefficient (Wildman–Crippen LogP) is 1.22.